The maximum atomic E-state index is 13.3. The van der Waals surface area contributed by atoms with Crippen LogP contribution in [-0.4, -0.2) is 79.3 Å². The minimum atomic E-state index is -4.58. The Morgan fingerprint density at radius 2 is 1.98 bits per heavy atom. The molecular formula is C33H37F3N8O3. The predicted octanol–water partition coefficient (Wildman–Crippen LogP) is 5.02. The molecule has 14 heteroatoms. The number of piperidine rings is 1. The second kappa shape index (κ2) is 12.1. The van der Waals surface area contributed by atoms with Crippen LogP contribution in [0.1, 0.15) is 62.3 Å². The van der Waals surface area contributed by atoms with Crippen LogP contribution in [-0.2, 0) is 16.4 Å². The van der Waals surface area contributed by atoms with Crippen molar-refractivity contribution in [3.63, 3.8) is 0 Å². The maximum absolute atomic E-state index is 13.3. The Kier molecular flexibility index (Phi) is 8.32. The molecule has 47 heavy (non-hydrogen) atoms. The molecule has 11 nitrogen and oxygen atoms in total. The first-order chi connectivity index (χ1) is 22.3. The molecule has 248 valence electrons. The van der Waals surface area contributed by atoms with Gasteiger partial charge in [0.2, 0.25) is 5.91 Å². The summed E-state index contributed by atoms with van der Waals surface area (Å²) in [5.74, 6) is 0.528. The minimum Gasteiger partial charge on any atom is -0.493 e. The number of hydrogen-bond acceptors (Lipinski definition) is 8. The third-order valence-corrected chi connectivity index (χ3v) is 9.07. The number of nitrogens with two attached hydrogens (primary N) is 1. The van der Waals surface area contributed by atoms with E-state index in [1.807, 2.05) is 9.30 Å². The van der Waals surface area contributed by atoms with E-state index in [4.69, 9.17) is 15.5 Å². The lowest BCUT2D eigenvalue weighted by Gasteiger charge is -2.50. The summed E-state index contributed by atoms with van der Waals surface area (Å²) in [6.45, 7) is 10.1. The number of nitrogen functional groups attached to an aromatic ring is 1. The number of carbonyl (C=O) groups is 2. The Bertz CT molecular complexity index is 1840. The lowest BCUT2D eigenvalue weighted by Crippen LogP contribution is -2.63. The topological polar surface area (TPSA) is 131 Å². The first kappa shape index (κ1) is 32.2. The minimum absolute atomic E-state index is 0.107. The number of aromatic nitrogens is 4. The monoisotopic (exact) mass is 650 g/mol. The van der Waals surface area contributed by atoms with Crippen molar-refractivity contribution in [2.24, 2.45) is 0 Å². The van der Waals surface area contributed by atoms with Gasteiger partial charge in [-0.05, 0) is 63.9 Å². The van der Waals surface area contributed by atoms with Gasteiger partial charge >= 0.3 is 6.18 Å². The highest BCUT2D eigenvalue weighted by Gasteiger charge is 2.45. The van der Waals surface area contributed by atoms with Gasteiger partial charge in [-0.25, -0.2) is 15.0 Å². The number of alkyl halides is 3. The molecule has 0 radical (unpaired) electrons. The van der Waals surface area contributed by atoms with Crippen LogP contribution in [0.5, 0.6) is 5.75 Å². The Balaban J connectivity index is 1.36. The van der Waals surface area contributed by atoms with E-state index in [9.17, 15) is 22.8 Å². The Morgan fingerprint density at radius 1 is 1.19 bits per heavy atom. The van der Waals surface area contributed by atoms with E-state index >= 15 is 0 Å². The van der Waals surface area contributed by atoms with Gasteiger partial charge in [-0.2, -0.15) is 13.2 Å². The fourth-order valence-corrected chi connectivity index (χ4v) is 6.56. The lowest BCUT2D eigenvalue weighted by atomic mass is 9.77. The molecule has 1 aromatic carbocycles. The van der Waals surface area contributed by atoms with E-state index in [1.54, 1.807) is 25.4 Å². The SMILES string of the molecule is CCOc1cc(C(=O)Nc2cc(C(F)(F)F)ccn2)ccc1-c1nc(C2(C)CC[C@H]3CN(C(C)C)CC(=O)N3C2)n2ccnc(N)c12. The highest BCUT2D eigenvalue weighted by molar-refractivity contribution is 6.04. The molecule has 0 saturated carbocycles. The van der Waals surface area contributed by atoms with Crippen LogP contribution in [0.15, 0.2) is 48.9 Å². The van der Waals surface area contributed by atoms with Crippen LogP contribution < -0.4 is 15.8 Å². The summed E-state index contributed by atoms with van der Waals surface area (Å²) in [6, 6.07) is 6.76. The third-order valence-electron chi connectivity index (χ3n) is 9.07. The van der Waals surface area contributed by atoms with Crippen molar-refractivity contribution in [1.29, 1.82) is 0 Å². The molecule has 0 spiro atoms. The standard InChI is InChI=1S/C33H37F3N8O3/c1-5-47-24-14-20(30(46)40-25-15-21(9-11-38-25)33(34,35)36)6-7-23(24)27-28-29(37)39-12-13-43(28)31(41-27)32(4)10-8-22-16-42(19(2)3)17-26(45)44(22)18-32/h6-7,9,11-15,19,22H,5,8,10,16-18H2,1-4H3,(H2,37,39)(H,38,40,46)/t22-,32?/m0/s1. The molecule has 6 rings (SSSR count). The van der Waals surface area contributed by atoms with Crippen LogP contribution in [0.2, 0.25) is 0 Å². The fraction of sp³-hybridized carbons (Fsp3) is 0.424. The number of imidazole rings is 1. The molecule has 0 aliphatic carbocycles. The largest absolute Gasteiger partial charge is 0.493 e. The number of halogens is 3. The number of pyridine rings is 1. The van der Waals surface area contributed by atoms with E-state index in [1.165, 1.54) is 12.1 Å². The summed E-state index contributed by atoms with van der Waals surface area (Å²) in [5.41, 5.74) is 6.80. The van der Waals surface area contributed by atoms with Crippen molar-refractivity contribution in [2.75, 3.05) is 37.3 Å². The number of nitrogens with one attached hydrogen (secondary N) is 1. The first-order valence-corrected chi connectivity index (χ1v) is 15.6. The summed E-state index contributed by atoms with van der Waals surface area (Å²) in [6.07, 6.45) is 1.45. The molecule has 5 heterocycles. The zero-order valence-corrected chi connectivity index (χ0v) is 26.6. The highest BCUT2D eigenvalue weighted by atomic mass is 19.4. The fourth-order valence-electron chi connectivity index (χ4n) is 6.56. The molecule has 1 unspecified atom stereocenters. The lowest BCUT2D eigenvalue weighted by molar-refractivity contribution is -0.144. The van der Waals surface area contributed by atoms with Gasteiger partial charge < -0.3 is 20.7 Å². The normalized spacial score (nSPS) is 20.5. The first-order valence-electron chi connectivity index (χ1n) is 15.6. The van der Waals surface area contributed by atoms with Gasteiger partial charge in [0.25, 0.3) is 5.91 Å². The number of anilines is 2. The molecule has 2 aliphatic heterocycles. The quantitative estimate of drug-likeness (QED) is 0.285. The summed E-state index contributed by atoms with van der Waals surface area (Å²) in [7, 11) is 0. The molecule has 0 bridgehead atoms. The van der Waals surface area contributed by atoms with Gasteiger partial charge in [0.1, 0.15) is 34.4 Å². The van der Waals surface area contributed by atoms with Gasteiger partial charge in [-0.1, -0.05) is 6.92 Å². The van der Waals surface area contributed by atoms with Crippen molar-refractivity contribution in [3.05, 3.63) is 65.9 Å². The summed E-state index contributed by atoms with van der Waals surface area (Å²) >= 11 is 0. The van der Waals surface area contributed by atoms with Crippen molar-refractivity contribution in [1.82, 2.24) is 29.2 Å². The van der Waals surface area contributed by atoms with E-state index in [0.717, 1.165) is 43.5 Å². The van der Waals surface area contributed by atoms with Gasteiger partial charge in [-0.3, -0.25) is 18.9 Å². The smallest absolute Gasteiger partial charge is 0.416 e. The number of rotatable bonds is 7. The van der Waals surface area contributed by atoms with E-state index in [-0.39, 0.29) is 41.8 Å². The van der Waals surface area contributed by atoms with Gasteiger partial charge in [0.15, 0.2) is 0 Å². The van der Waals surface area contributed by atoms with E-state index in [0.29, 0.717) is 35.6 Å². The molecule has 2 amide bonds. The number of benzene rings is 1. The van der Waals surface area contributed by atoms with Crippen LogP contribution in [0.3, 0.4) is 0 Å². The zero-order chi connectivity index (χ0) is 33.7. The summed E-state index contributed by atoms with van der Waals surface area (Å²) in [4.78, 5) is 44.0. The Hall–Kier alpha value is -4.72. The predicted molar refractivity (Wildman–Crippen MR) is 170 cm³/mol. The van der Waals surface area contributed by atoms with Gasteiger partial charge in [0, 0.05) is 60.3 Å². The van der Waals surface area contributed by atoms with E-state index in [2.05, 4.69) is 41.0 Å². The molecule has 2 fully saturated rings. The van der Waals surface area contributed by atoms with Crippen LogP contribution >= 0.6 is 0 Å². The van der Waals surface area contributed by atoms with Crippen molar-refractivity contribution in [3.8, 4) is 17.0 Å². The molecule has 3 N–H and O–H groups in total. The van der Waals surface area contributed by atoms with Crippen molar-refractivity contribution < 1.29 is 27.5 Å². The second-order valence-corrected chi connectivity index (χ2v) is 12.6. The second-order valence-electron chi connectivity index (χ2n) is 12.6. The molecule has 4 aromatic rings. The van der Waals surface area contributed by atoms with Crippen LogP contribution in [0, 0.1) is 0 Å². The number of piperazine rings is 1. The maximum Gasteiger partial charge on any atom is 0.416 e. The molecule has 3 aromatic heterocycles. The number of carbonyl (C=O) groups excluding carboxylic acids is 2. The summed E-state index contributed by atoms with van der Waals surface area (Å²) < 4.78 is 47.5. The van der Waals surface area contributed by atoms with E-state index < -0.39 is 23.1 Å². The summed E-state index contributed by atoms with van der Waals surface area (Å²) in [5, 5.41) is 2.43. The van der Waals surface area contributed by atoms with Gasteiger partial charge in [0.05, 0.1) is 18.7 Å². The average molecular weight is 651 g/mol. The Morgan fingerprint density at radius 3 is 2.70 bits per heavy atom. The van der Waals surface area contributed by atoms with Gasteiger partial charge in [-0.15, -0.1) is 0 Å². The molecular weight excluding hydrogens is 613 g/mol. The zero-order valence-electron chi connectivity index (χ0n) is 26.6. The number of amides is 2. The number of hydrogen-bond donors (Lipinski definition) is 2. The molecule has 2 saturated heterocycles. The van der Waals surface area contributed by atoms with Crippen LogP contribution in [0.4, 0.5) is 24.8 Å². The molecule has 2 aliphatic rings. The Labute approximate surface area is 269 Å². The third kappa shape index (κ3) is 6.09. The highest BCUT2D eigenvalue weighted by Crippen LogP contribution is 2.42. The number of ether oxygens (including phenoxy) is 1. The average Bonchev–Trinajstić information content (AvgIpc) is 3.43. The number of fused-ring (bicyclic) bond motifs is 2. The van der Waals surface area contributed by atoms with Crippen molar-refractivity contribution >= 4 is 29.0 Å². The van der Waals surface area contributed by atoms with Crippen LogP contribution in [0.25, 0.3) is 16.8 Å². The van der Waals surface area contributed by atoms with Crippen molar-refractivity contribution in [2.45, 2.75) is 64.2 Å². The number of nitrogens with zero attached hydrogens (tertiary/aromatic N) is 6. The molecule has 2 atom stereocenters.